The number of fused-ring (bicyclic) bond motifs is 3. The van der Waals surface area contributed by atoms with E-state index >= 15 is 0 Å². The molecular weight excluding hydrogens is 432 g/mol. The van der Waals surface area contributed by atoms with Gasteiger partial charge >= 0.3 is 0 Å². The first kappa shape index (κ1) is 21.2. The average Bonchev–Trinajstić information content (AvgIpc) is 3.18. The maximum absolute atomic E-state index is 13.9. The molecule has 0 radical (unpaired) electrons. The van der Waals surface area contributed by atoms with Crippen LogP contribution in [-0.2, 0) is 28.6 Å². The van der Waals surface area contributed by atoms with Gasteiger partial charge in [-0.3, -0.25) is 4.79 Å². The van der Waals surface area contributed by atoms with Crippen molar-refractivity contribution in [2.24, 2.45) is 5.41 Å². The second kappa shape index (κ2) is 8.02. The van der Waals surface area contributed by atoms with Crippen LogP contribution in [0.15, 0.2) is 84.9 Å². The molecule has 0 fully saturated rings. The number of para-hydroxylation sites is 1. The lowest BCUT2D eigenvalue weighted by Gasteiger charge is -2.30. The number of nitrogens with zero attached hydrogens (tertiary/aromatic N) is 2. The number of hydrogen-bond donors (Lipinski definition) is 0. The molecule has 1 atom stereocenters. The molecule has 1 aliphatic rings. The summed E-state index contributed by atoms with van der Waals surface area (Å²) in [5.74, 6) is -0.458. The second-order valence-corrected chi connectivity index (χ2v) is 10.3. The molecule has 0 aliphatic heterocycles. The van der Waals surface area contributed by atoms with Crippen LogP contribution < -0.4 is 0 Å². The molecule has 5 nitrogen and oxygen atoms in total. The third kappa shape index (κ3) is 3.55. The van der Waals surface area contributed by atoms with Crippen molar-refractivity contribution in [1.82, 2.24) is 3.97 Å². The molecule has 1 aromatic heterocycles. The van der Waals surface area contributed by atoms with Crippen LogP contribution in [0.5, 0.6) is 0 Å². The molecule has 0 spiro atoms. The van der Waals surface area contributed by atoms with E-state index in [1.165, 1.54) is 3.97 Å². The Bertz CT molecular complexity index is 1500. The van der Waals surface area contributed by atoms with Gasteiger partial charge in [0, 0.05) is 16.6 Å². The zero-order valence-corrected chi connectivity index (χ0v) is 18.8. The van der Waals surface area contributed by atoms with Gasteiger partial charge in [-0.1, -0.05) is 78.9 Å². The molecule has 0 N–H and O–H groups in total. The monoisotopic (exact) mass is 454 g/mol. The smallest absolute Gasteiger partial charge is 0.243 e. The lowest BCUT2D eigenvalue weighted by molar-refractivity contribution is 0.0835. The fourth-order valence-electron chi connectivity index (χ4n) is 4.86. The number of carbonyl (C=O) groups is 1. The summed E-state index contributed by atoms with van der Waals surface area (Å²) < 4.78 is 28.5. The molecule has 5 rings (SSSR count). The van der Waals surface area contributed by atoms with Gasteiger partial charge in [-0.05, 0) is 36.5 Å². The fraction of sp³-hybridized carbons (Fsp3) is 0.185. The van der Waals surface area contributed by atoms with Crippen LogP contribution in [0.2, 0.25) is 0 Å². The fourth-order valence-corrected chi connectivity index (χ4v) is 6.58. The summed E-state index contributed by atoms with van der Waals surface area (Å²) in [7, 11) is -3.78. The number of benzene rings is 3. The number of Topliss-reactive ketones (excluding diaryl/α,β-unsaturated/α-hetero) is 1. The third-order valence-corrected chi connectivity index (χ3v) is 8.08. The van der Waals surface area contributed by atoms with Crippen molar-refractivity contribution in [1.29, 1.82) is 5.26 Å². The van der Waals surface area contributed by atoms with E-state index in [1.54, 1.807) is 36.4 Å². The standard InChI is InChI=1S/C27H22N2O3S/c28-19-27(17-20-9-3-1-4-10-20)16-15-24-25(26(27)30)22-13-7-8-14-23(22)29(24)33(31,32)18-21-11-5-2-6-12-21/h1-14H,15-18H2/t27-/m1/s1. The second-order valence-electron chi connectivity index (χ2n) is 8.53. The van der Waals surface area contributed by atoms with Crippen LogP contribution in [0.25, 0.3) is 10.9 Å². The molecule has 0 unspecified atom stereocenters. The van der Waals surface area contributed by atoms with Crippen LogP contribution in [0.4, 0.5) is 0 Å². The summed E-state index contributed by atoms with van der Waals surface area (Å²) in [4.78, 5) is 13.9. The normalized spacial score (nSPS) is 18.1. The van der Waals surface area contributed by atoms with E-state index in [0.29, 0.717) is 40.6 Å². The molecule has 1 aliphatic carbocycles. The minimum absolute atomic E-state index is 0.166. The number of ketones is 1. The largest absolute Gasteiger partial charge is 0.292 e. The summed E-state index contributed by atoms with van der Waals surface area (Å²) >= 11 is 0. The van der Waals surface area contributed by atoms with Crippen LogP contribution in [-0.4, -0.2) is 18.2 Å². The Morgan fingerprint density at radius 3 is 2.15 bits per heavy atom. The van der Waals surface area contributed by atoms with Gasteiger partial charge in [0.25, 0.3) is 0 Å². The summed E-state index contributed by atoms with van der Waals surface area (Å²) in [5, 5.41) is 10.7. The molecule has 164 valence electrons. The number of rotatable bonds is 5. The number of nitriles is 1. The zero-order valence-electron chi connectivity index (χ0n) is 17.9. The van der Waals surface area contributed by atoms with Crippen molar-refractivity contribution in [3.63, 3.8) is 0 Å². The highest BCUT2D eigenvalue weighted by molar-refractivity contribution is 7.89. The molecular formula is C27H22N2O3S. The van der Waals surface area contributed by atoms with Crippen molar-refractivity contribution in [2.75, 3.05) is 0 Å². The third-order valence-electron chi connectivity index (χ3n) is 6.41. The molecule has 0 bridgehead atoms. The molecule has 3 aromatic carbocycles. The summed E-state index contributed by atoms with van der Waals surface area (Å²) in [6, 6.07) is 27.9. The summed E-state index contributed by atoms with van der Waals surface area (Å²) in [6.45, 7) is 0. The Morgan fingerprint density at radius 1 is 0.879 bits per heavy atom. The number of carbonyl (C=O) groups excluding carboxylic acids is 1. The van der Waals surface area contributed by atoms with Gasteiger partial charge in [-0.25, -0.2) is 12.4 Å². The predicted molar refractivity (Wildman–Crippen MR) is 127 cm³/mol. The van der Waals surface area contributed by atoms with Gasteiger partial charge < -0.3 is 0 Å². The van der Waals surface area contributed by atoms with Gasteiger partial charge in [0.15, 0.2) is 5.78 Å². The lowest BCUT2D eigenvalue weighted by atomic mass is 9.69. The van der Waals surface area contributed by atoms with E-state index in [4.69, 9.17) is 0 Å². The van der Waals surface area contributed by atoms with Gasteiger partial charge in [0.05, 0.1) is 17.3 Å². The maximum Gasteiger partial charge on any atom is 0.243 e. The van der Waals surface area contributed by atoms with Crippen molar-refractivity contribution >= 4 is 26.7 Å². The lowest BCUT2D eigenvalue weighted by Crippen LogP contribution is -2.37. The minimum Gasteiger partial charge on any atom is -0.292 e. The quantitative estimate of drug-likeness (QED) is 0.430. The SMILES string of the molecule is N#C[C@]1(Cc2ccccc2)CCc2c(c3ccccc3n2S(=O)(=O)Cc2ccccc2)C1=O. The molecule has 6 heteroatoms. The molecule has 0 amide bonds. The molecule has 1 heterocycles. The van der Waals surface area contributed by atoms with Crippen LogP contribution in [0, 0.1) is 16.7 Å². The Morgan fingerprint density at radius 2 is 1.48 bits per heavy atom. The van der Waals surface area contributed by atoms with Crippen LogP contribution in [0.1, 0.15) is 33.6 Å². The molecule has 0 saturated heterocycles. The van der Waals surface area contributed by atoms with E-state index in [1.807, 2.05) is 48.5 Å². The van der Waals surface area contributed by atoms with Crippen molar-refractivity contribution in [2.45, 2.75) is 25.0 Å². The predicted octanol–water partition coefficient (Wildman–Crippen LogP) is 4.90. The van der Waals surface area contributed by atoms with Crippen molar-refractivity contribution < 1.29 is 13.2 Å². The van der Waals surface area contributed by atoms with Crippen LogP contribution >= 0.6 is 0 Å². The van der Waals surface area contributed by atoms with Crippen molar-refractivity contribution in [3.8, 4) is 6.07 Å². The highest BCUT2D eigenvalue weighted by Crippen LogP contribution is 2.43. The van der Waals surface area contributed by atoms with Crippen LogP contribution in [0.3, 0.4) is 0 Å². The minimum atomic E-state index is -3.78. The first-order chi connectivity index (χ1) is 16.0. The van der Waals surface area contributed by atoms with Gasteiger partial charge in [-0.2, -0.15) is 5.26 Å². The Hall–Kier alpha value is -3.69. The maximum atomic E-state index is 13.9. The highest BCUT2D eigenvalue weighted by Gasteiger charge is 2.46. The molecule has 4 aromatic rings. The van der Waals surface area contributed by atoms with E-state index < -0.39 is 15.4 Å². The Kier molecular flexibility index (Phi) is 5.15. The molecule has 0 saturated carbocycles. The highest BCUT2D eigenvalue weighted by atomic mass is 32.2. The van der Waals surface area contributed by atoms with Crippen molar-refractivity contribution in [3.05, 3.63) is 107 Å². The van der Waals surface area contributed by atoms with E-state index in [9.17, 15) is 18.5 Å². The first-order valence-electron chi connectivity index (χ1n) is 10.8. The van der Waals surface area contributed by atoms with E-state index in [-0.39, 0.29) is 18.0 Å². The van der Waals surface area contributed by atoms with Gasteiger partial charge in [0.2, 0.25) is 10.0 Å². The zero-order chi connectivity index (χ0) is 23.1. The Balaban J connectivity index is 1.66. The van der Waals surface area contributed by atoms with Gasteiger partial charge in [0.1, 0.15) is 5.41 Å². The molecule has 33 heavy (non-hydrogen) atoms. The van der Waals surface area contributed by atoms with E-state index in [0.717, 1.165) is 5.56 Å². The first-order valence-corrected chi connectivity index (χ1v) is 12.5. The summed E-state index contributed by atoms with van der Waals surface area (Å²) in [6.07, 6.45) is 0.921. The number of aromatic nitrogens is 1. The summed E-state index contributed by atoms with van der Waals surface area (Å²) in [5.41, 5.74) is 1.71. The van der Waals surface area contributed by atoms with Gasteiger partial charge in [-0.15, -0.1) is 0 Å². The van der Waals surface area contributed by atoms with E-state index in [2.05, 4.69) is 6.07 Å². The average molecular weight is 455 g/mol. The topological polar surface area (TPSA) is 79.9 Å². The number of hydrogen-bond acceptors (Lipinski definition) is 4. The Labute approximate surface area is 193 Å².